The molecule has 1 atom stereocenters. The number of amides is 1. The molecule has 20 nitrogen and oxygen atoms in total. The number of aromatic nitrogens is 4. The number of aromatic carboxylic acids is 2. The van der Waals surface area contributed by atoms with E-state index in [-0.39, 0.29) is 103 Å². The summed E-state index contributed by atoms with van der Waals surface area (Å²) in [5.74, 6) is -3.53. The smallest absolute Gasteiger partial charge is 0.365 e. The largest absolute Gasteiger partial charge is 0.507 e. The molecule has 7 aromatic rings. The molecular weight excluding hydrogens is 1020 g/mol. The fourth-order valence-corrected chi connectivity index (χ4v) is 12.8. The summed E-state index contributed by atoms with van der Waals surface area (Å²) in [6, 6.07) is 37.2. The molecule has 6 heterocycles. The average Bonchev–Trinajstić information content (AvgIpc) is 3.87. The van der Waals surface area contributed by atoms with Gasteiger partial charge in [-0.1, -0.05) is 94.9 Å². The predicted octanol–water partition coefficient (Wildman–Crippen LogP) is 6.17. The number of aromatic hydroxyl groups is 1. The molecule has 9 rings (SSSR count). The molecule has 1 fully saturated rings. The van der Waals surface area contributed by atoms with Gasteiger partial charge in [-0.2, -0.15) is 0 Å². The number of carbonyl (C=O) groups excluding carboxylic acids is 4. The number of carbonyl (C=O) groups is 6. The number of aldehydes is 1. The van der Waals surface area contributed by atoms with Crippen LogP contribution in [0.1, 0.15) is 108 Å². The number of pyridine rings is 4. The van der Waals surface area contributed by atoms with Crippen molar-refractivity contribution in [3.05, 3.63) is 203 Å². The third-order valence-electron chi connectivity index (χ3n) is 12.0. The van der Waals surface area contributed by atoms with E-state index in [9.17, 15) is 44.1 Å². The Morgan fingerprint density at radius 3 is 1.74 bits per heavy atom. The first-order chi connectivity index (χ1) is 37.1. The van der Waals surface area contributed by atoms with E-state index in [0.29, 0.717) is 36.4 Å². The van der Waals surface area contributed by atoms with Crippen molar-refractivity contribution in [2.24, 2.45) is 0 Å². The molecule has 2 aliphatic heterocycles. The summed E-state index contributed by atoms with van der Waals surface area (Å²) in [5.41, 5.74) is 1.93. The monoisotopic (exact) mass is 1080 g/mol. The lowest BCUT2D eigenvalue weighted by molar-refractivity contribution is -0.0152. The summed E-state index contributed by atoms with van der Waals surface area (Å²) in [5, 5.41) is 48.0. The van der Waals surface area contributed by atoms with Gasteiger partial charge in [-0.05, 0) is 76.1 Å². The Hall–Kier alpha value is -8.86. The Morgan fingerprint density at radius 2 is 1.22 bits per heavy atom. The topological polar surface area (TPSA) is 295 Å². The molecule has 406 valence electrons. The van der Waals surface area contributed by atoms with Crippen LogP contribution in [0.4, 0.5) is 0 Å². The second-order valence-electron chi connectivity index (χ2n) is 17.8. The zero-order valence-corrected chi connectivity index (χ0v) is 43.1. The highest BCUT2D eigenvalue weighted by atomic mass is 28.4. The quantitative estimate of drug-likeness (QED) is 0.0352. The second-order valence-corrected chi connectivity index (χ2v) is 22.1. The highest BCUT2D eigenvalue weighted by molar-refractivity contribution is 6.99. The number of esters is 2. The molecule has 4 aromatic heterocycles. The van der Waals surface area contributed by atoms with Gasteiger partial charge in [-0.15, -0.1) is 0 Å². The first-order valence-corrected chi connectivity index (χ1v) is 25.7. The van der Waals surface area contributed by atoms with Crippen LogP contribution in [0.3, 0.4) is 0 Å². The number of morpholine rings is 1. The summed E-state index contributed by atoms with van der Waals surface area (Å²) in [6.45, 7) is 7.16. The number of aliphatic hydroxyl groups excluding tert-OH is 2. The SMILES string of the molecule is C.CC(C)(C)[Si](OCc1ncccc1C(=O)O)(c1ccccc1)c1ccccc1.O=C(O)c1cccnc1CO.O=C1OC(=O)c2ncccc21.O=Cc1c(O)cccc1OC[C@@H]1COCCN1C(=O)c1cccnc1CO. The lowest BCUT2D eigenvalue weighted by Crippen LogP contribution is -2.66. The van der Waals surface area contributed by atoms with E-state index in [0.717, 1.165) is 10.4 Å². The van der Waals surface area contributed by atoms with Gasteiger partial charge in [0.1, 0.15) is 18.1 Å². The van der Waals surface area contributed by atoms with Gasteiger partial charge in [0, 0.05) is 31.3 Å². The third kappa shape index (κ3) is 14.5. The van der Waals surface area contributed by atoms with E-state index in [1.54, 1.807) is 53.6 Å². The van der Waals surface area contributed by atoms with Gasteiger partial charge in [0.2, 0.25) is 0 Å². The Kier molecular flexibility index (Phi) is 21.8. The molecule has 0 spiro atoms. The van der Waals surface area contributed by atoms with Gasteiger partial charge in [-0.3, -0.25) is 24.5 Å². The highest BCUT2D eigenvalue weighted by Crippen LogP contribution is 2.37. The van der Waals surface area contributed by atoms with Crippen LogP contribution in [-0.4, -0.2) is 127 Å². The second kappa shape index (κ2) is 28.3. The molecule has 0 saturated carbocycles. The number of ether oxygens (including phenoxy) is 3. The molecule has 1 saturated heterocycles. The highest BCUT2D eigenvalue weighted by Gasteiger charge is 2.50. The molecule has 0 radical (unpaired) electrons. The lowest BCUT2D eigenvalue weighted by atomic mass is 10.1. The molecule has 0 unspecified atom stereocenters. The van der Waals surface area contributed by atoms with Crippen molar-refractivity contribution >= 4 is 54.8 Å². The molecule has 0 bridgehead atoms. The standard InChI is InChI=1S/C23H25NO3Si.C19H20N2O6.C7H3NO3.C7H7NO3.CH4/c1-23(2,3)28(18-11-6-4-7-12-18,19-13-8-5-9-14-19)27-17-21-20(22(25)26)15-10-16-24-21;22-9-15-17(24)4-1-5-18(15)27-12-13-11-26-8-7-21(13)19(25)14-3-2-6-20-16(14)10-23;9-6-4-2-1-3-8-5(4)7(10)11-6;9-4-6-5(7(10)11)2-1-3-8-6;/h4-16H,17H2,1-3H3,(H,25,26);1-6,9,13,23-24H,7-8,10-12H2;1-3H;1-3,9H,4H2,(H,10,11);1H4/t;13-;;;/m.0.../s1. The number of aliphatic hydroxyl groups is 2. The zero-order chi connectivity index (χ0) is 55.5. The van der Waals surface area contributed by atoms with E-state index in [1.807, 2.05) is 36.4 Å². The summed E-state index contributed by atoms with van der Waals surface area (Å²) in [6.07, 6.45) is 6.53. The number of nitrogens with zero attached hydrogens (tertiary/aromatic N) is 5. The van der Waals surface area contributed by atoms with Crippen molar-refractivity contribution < 1.29 is 72.9 Å². The maximum absolute atomic E-state index is 12.9. The molecule has 3 aromatic carbocycles. The van der Waals surface area contributed by atoms with Crippen LogP contribution in [0.15, 0.2) is 152 Å². The first kappa shape index (κ1) is 60.0. The number of carboxylic acid groups (broad SMARTS) is 2. The van der Waals surface area contributed by atoms with Crippen molar-refractivity contribution in [3.8, 4) is 11.5 Å². The fraction of sp³-hybridized carbons (Fsp3) is 0.228. The van der Waals surface area contributed by atoms with Crippen molar-refractivity contribution in [1.29, 1.82) is 0 Å². The Balaban J connectivity index is 0.000000207. The van der Waals surface area contributed by atoms with E-state index in [1.165, 1.54) is 42.9 Å². The maximum Gasteiger partial charge on any atom is 0.365 e. The molecule has 0 aliphatic carbocycles. The number of hydrogen-bond donors (Lipinski definition) is 5. The molecule has 78 heavy (non-hydrogen) atoms. The lowest BCUT2D eigenvalue weighted by Gasteiger charge is -2.43. The summed E-state index contributed by atoms with van der Waals surface area (Å²) in [4.78, 5) is 85.0. The summed E-state index contributed by atoms with van der Waals surface area (Å²) >= 11 is 0. The van der Waals surface area contributed by atoms with Crippen LogP contribution in [-0.2, 0) is 33.7 Å². The van der Waals surface area contributed by atoms with Crippen molar-refractivity contribution in [1.82, 2.24) is 24.8 Å². The predicted molar refractivity (Wildman–Crippen MR) is 286 cm³/mol. The van der Waals surface area contributed by atoms with Gasteiger partial charge >= 0.3 is 23.9 Å². The Labute approximate surface area is 450 Å². The van der Waals surface area contributed by atoms with Gasteiger partial charge in [0.25, 0.3) is 14.2 Å². The molecule has 2 aliphatic rings. The first-order valence-electron chi connectivity index (χ1n) is 23.8. The number of phenols is 1. The zero-order valence-electron chi connectivity index (χ0n) is 42.1. The number of benzene rings is 3. The van der Waals surface area contributed by atoms with Crippen LogP contribution in [0.5, 0.6) is 11.5 Å². The van der Waals surface area contributed by atoms with Gasteiger partial charge < -0.3 is 49.1 Å². The van der Waals surface area contributed by atoms with Crippen molar-refractivity contribution in [2.75, 3.05) is 26.4 Å². The molecular formula is C57H59N5O15Si. The minimum absolute atomic E-state index is 0. The molecule has 5 N–H and O–H groups in total. The van der Waals surface area contributed by atoms with Crippen LogP contribution in [0, 0.1) is 0 Å². The minimum atomic E-state index is -2.72. The minimum Gasteiger partial charge on any atom is -0.507 e. The molecule has 1 amide bonds. The normalized spacial score (nSPS) is 13.5. The third-order valence-corrected chi connectivity index (χ3v) is 17.0. The van der Waals surface area contributed by atoms with E-state index in [4.69, 9.17) is 24.1 Å². The van der Waals surface area contributed by atoms with Crippen LogP contribution >= 0.6 is 0 Å². The average molecular weight is 1080 g/mol. The Bertz CT molecular complexity index is 3100. The molecule has 21 heteroatoms. The van der Waals surface area contributed by atoms with Crippen molar-refractivity contribution in [2.45, 2.75) is 59.1 Å². The number of cyclic esters (lactones) is 2. The van der Waals surface area contributed by atoms with Crippen LogP contribution in [0.2, 0.25) is 5.04 Å². The van der Waals surface area contributed by atoms with Crippen LogP contribution in [0.25, 0.3) is 0 Å². The van der Waals surface area contributed by atoms with E-state index < -0.39 is 32.2 Å². The van der Waals surface area contributed by atoms with E-state index >= 15 is 0 Å². The fourth-order valence-electron chi connectivity index (χ4n) is 8.30. The van der Waals surface area contributed by atoms with Gasteiger partial charge in [0.15, 0.2) is 12.0 Å². The van der Waals surface area contributed by atoms with Gasteiger partial charge in [-0.25, -0.2) is 24.2 Å². The van der Waals surface area contributed by atoms with Crippen LogP contribution < -0.4 is 15.1 Å². The number of carboxylic acids is 2. The summed E-state index contributed by atoms with van der Waals surface area (Å²) in [7, 11) is -2.72. The number of fused-ring (bicyclic) bond motifs is 1. The van der Waals surface area contributed by atoms with Gasteiger partial charge in [0.05, 0.1) is 84.0 Å². The Morgan fingerprint density at radius 1 is 0.692 bits per heavy atom. The number of hydrogen-bond acceptors (Lipinski definition) is 17. The number of phenolic OH excluding ortho intramolecular Hbond substituents is 1. The maximum atomic E-state index is 12.9. The van der Waals surface area contributed by atoms with E-state index in [2.05, 4.69) is 69.7 Å². The van der Waals surface area contributed by atoms with Crippen molar-refractivity contribution in [3.63, 3.8) is 0 Å². The number of rotatable bonds is 14. The summed E-state index contributed by atoms with van der Waals surface area (Å²) < 4.78 is 22.2.